The second-order valence-corrected chi connectivity index (χ2v) is 8.36. The number of fused-ring (bicyclic) bond motifs is 1. The highest BCUT2D eigenvalue weighted by Gasteiger charge is 2.24. The van der Waals surface area contributed by atoms with Gasteiger partial charge in [0.2, 0.25) is 0 Å². The van der Waals surface area contributed by atoms with Gasteiger partial charge in [-0.2, -0.15) is 0 Å². The molecule has 192 valence electrons. The van der Waals surface area contributed by atoms with Gasteiger partial charge < -0.3 is 4.74 Å². The molecule has 2 heterocycles. The van der Waals surface area contributed by atoms with Crippen LogP contribution in [0.3, 0.4) is 0 Å². The topological polar surface area (TPSA) is 114 Å². The SMILES string of the molecule is COc1cccc(-n2c(=O)c3c(C)n(-c4ccc([N+](=O)[O-])cc4)nc3n(Cc3ccccc3F)c2=O)c1F. The number of methoxy groups -OCH3 is 1. The Morgan fingerprint density at radius 3 is 2.37 bits per heavy atom. The predicted molar refractivity (Wildman–Crippen MR) is 134 cm³/mol. The maximum Gasteiger partial charge on any atom is 0.337 e. The summed E-state index contributed by atoms with van der Waals surface area (Å²) in [5.41, 5.74) is -1.50. The molecule has 0 unspecified atom stereocenters. The summed E-state index contributed by atoms with van der Waals surface area (Å²) in [6, 6.07) is 15.3. The van der Waals surface area contributed by atoms with Crippen molar-refractivity contribution in [1.82, 2.24) is 18.9 Å². The Kier molecular flexibility index (Phi) is 6.07. The van der Waals surface area contributed by atoms with Gasteiger partial charge >= 0.3 is 5.69 Å². The van der Waals surface area contributed by atoms with Crippen LogP contribution in [0.15, 0.2) is 76.3 Å². The summed E-state index contributed by atoms with van der Waals surface area (Å²) in [5.74, 6) is -1.68. The van der Waals surface area contributed by atoms with Gasteiger partial charge in [0.15, 0.2) is 17.2 Å². The van der Waals surface area contributed by atoms with Crippen LogP contribution in [0, 0.1) is 28.7 Å². The lowest BCUT2D eigenvalue weighted by Crippen LogP contribution is -2.39. The van der Waals surface area contributed by atoms with Gasteiger partial charge in [0, 0.05) is 17.7 Å². The Hall–Kier alpha value is -5.13. The van der Waals surface area contributed by atoms with Gasteiger partial charge in [-0.15, -0.1) is 5.10 Å². The van der Waals surface area contributed by atoms with Crippen molar-refractivity contribution in [3.05, 3.63) is 121 Å². The number of hydrogen-bond donors (Lipinski definition) is 0. The highest BCUT2D eigenvalue weighted by Crippen LogP contribution is 2.24. The van der Waals surface area contributed by atoms with Gasteiger partial charge in [0.1, 0.15) is 11.2 Å². The van der Waals surface area contributed by atoms with E-state index in [1.165, 1.54) is 72.5 Å². The summed E-state index contributed by atoms with van der Waals surface area (Å²) in [4.78, 5) is 37.9. The lowest BCUT2D eigenvalue weighted by molar-refractivity contribution is -0.384. The molecule has 0 atom stereocenters. The van der Waals surface area contributed by atoms with Crippen molar-refractivity contribution < 1.29 is 18.4 Å². The third-order valence-electron chi connectivity index (χ3n) is 6.19. The maximum atomic E-state index is 15.2. The second kappa shape index (κ2) is 9.39. The molecule has 0 aliphatic carbocycles. The average molecular weight is 519 g/mol. The van der Waals surface area contributed by atoms with E-state index < -0.39 is 27.8 Å². The first kappa shape index (κ1) is 24.6. The first-order chi connectivity index (χ1) is 18.2. The number of aromatic nitrogens is 4. The molecule has 0 radical (unpaired) electrons. The van der Waals surface area contributed by atoms with Crippen LogP contribution in [0.2, 0.25) is 0 Å². The second-order valence-electron chi connectivity index (χ2n) is 8.36. The van der Waals surface area contributed by atoms with Crippen LogP contribution in [0.4, 0.5) is 14.5 Å². The lowest BCUT2D eigenvalue weighted by Gasteiger charge is -2.13. The molecule has 0 fully saturated rings. The molecule has 0 aliphatic rings. The van der Waals surface area contributed by atoms with Crippen LogP contribution in [0.1, 0.15) is 11.3 Å². The van der Waals surface area contributed by atoms with E-state index in [9.17, 15) is 24.1 Å². The molecule has 10 nitrogen and oxygen atoms in total. The number of ether oxygens (including phenoxy) is 1. The number of non-ortho nitro benzene ring substituents is 1. The van der Waals surface area contributed by atoms with Crippen molar-refractivity contribution in [1.29, 1.82) is 0 Å². The Morgan fingerprint density at radius 2 is 1.71 bits per heavy atom. The molecule has 2 aromatic heterocycles. The lowest BCUT2D eigenvalue weighted by atomic mass is 10.2. The molecule has 0 amide bonds. The molecule has 38 heavy (non-hydrogen) atoms. The van der Waals surface area contributed by atoms with E-state index in [1.807, 2.05) is 0 Å². The number of nitrogens with zero attached hydrogens (tertiary/aromatic N) is 5. The molecule has 0 spiro atoms. The van der Waals surface area contributed by atoms with Crippen molar-refractivity contribution in [2.45, 2.75) is 13.5 Å². The largest absolute Gasteiger partial charge is 0.494 e. The summed E-state index contributed by atoms with van der Waals surface area (Å²) in [6.45, 7) is 1.27. The van der Waals surface area contributed by atoms with Crippen molar-refractivity contribution in [2.24, 2.45) is 0 Å². The van der Waals surface area contributed by atoms with E-state index >= 15 is 4.39 Å². The number of nitro groups is 1. The van der Waals surface area contributed by atoms with Crippen molar-refractivity contribution >= 4 is 16.7 Å². The summed E-state index contributed by atoms with van der Waals surface area (Å²) in [6.07, 6.45) is 0. The highest BCUT2D eigenvalue weighted by molar-refractivity contribution is 5.78. The van der Waals surface area contributed by atoms with Crippen molar-refractivity contribution in [3.8, 4) is 17.1 Å². The first-order valence-electron chi connectivity index (χ1n) is 11.3. The van der Waals surface area contributed by atoms with E-state index in [4.69, 9.17) is 4.74 Å². The minimum atomic E-state index is -0.939. The van der Waals surface area contributed by atoms with Gasteiger partial charge in [-0.05, 0) is 37.3 Å². The van der Waals surface area contributed by atoms with E-state index in [2.05, 4.69) is 5.10 Å². The number of hydrogen-bond acceptors (Lipinski definition) is 6. The number of rotatable bonds is 6. The van der Waals surface area contributed by atoms with Crippen LogP contribution in [-0.4, -0.2) is 30.9 Å². The quantitative estimate of drug-likeness (QED) is 0.248. The van der Waals surface area contributed by atoms with Crippen LogP contribution in [0.5, 0.6) is 5.75 Å². The number of halogens is 2. The van der Waals surface area contributed by atoms with Crippen molar-refractivity contribution in [3.63, 3.8) is 0 Å². The van der Waals surface area contributed by atoms with E-state index in [1.54, 1.807) is 13.0 Å². The zero-order valence-corrected chi connectivity index (χ0v) is 20.1. The van der Waals surface area contributed by atoms with Crippen molar-refractivity contribution in [2.75, 3.05) is 7.11 Å². The average Bonchev–Trinajstić information content (AvgIpc) is 3.25. The Bertz CT molecular complexity index is 1840. The summed E-state index contributed by atoms with van der Waals surface area (Å²) in [7, 11) is 1.25. The minimum Gasteiger partial charge on any atom is -0.494 e. The molecule has 3 aromatic carbocycles. The first-order valence-corrected chi connectivity index (χ1v) is 11.3. The third kappa shape index (κ3) is 3.92. The van der Waals surface area contributed by atoms with Crippen LogP contribution < -0.4 is 16.0 Å². The van der Waals surface area contributed by atoms with E-state index in [0.717, 1.165) is 4.57 Å². The van der Waals surface area contributed by atoms with Gasteiger partial charge in [-0.3, -0.25) is 19.5 Å². The molecule has 0 bridgehead atoms. The molecule has 0 saturated heterocycles. The summed E-state index contributed by atoms with van der Waals surface area (Å²) >= 11 is 0. The predicted octanol–water partition coefficient (Wildman–Crippen LogP) is 3.89. The Morgan fingerprint density at radius 1 is 1.00 bits per heavy atom. The normalized spacial score (nSPS) is 11.2. The van der Waals surface area contributed by atoms with Gasteiger partial charge in [0.25, 0.3) is 11.2 Å². The zero-order valence-electron chi connectivity index (χ0n) is 20.1. The maximum absolute atomic E-state index is 15.2. The number of benzene rings is 3. The monoisotopic (exact) mass is 519 g/mol. The van der Waals surface area contributed by atoms with E-state index in [-0.39, 0.29) is 46.0 Å². The summed E-state index contributed by atoms with van der Waals surface area (Å²) < 4.78 is 37.9. The molecule has 0 aliphatic heterocycles. The minimum absolute atomic E-state index is 0.0125. The summed E-state index contributed by atoms with van der Waals surface area (Å²) in [5, 5.41) is 15.5. The molecule has 12 heteroatoms. The number of nitro benzene ring substituents is 1. The van der Waals surface area contributed by atoms with E-state index in [0.29, 0.717) is 10.3 Å². The standard InChI is InChI=1S/C26H19F2N5O5/c1-15-22-24(29-32(15)17-10-12-18(13-11-17)33(36)37)30(14-16-6-3-4-7-19(16)27)26(35)31(25(22)34)20-8-5-9-21(38-2)23(20)28/h3-13H,14H2,1-2H3. The fraction of sp³-hybridized carbons (Fsp3) is 0.115. The fourth-order valence-corrected chi connectivity index (χ4v) is 4.29. The molecule has 5 rings (SSSR count). The molecule has 5 aromatic rings. The van der Waals surface area contributed by atoms with Crippen LogP contribution in [0.25, 0.3) is 22.4 Å². The Labute approximate surface area is 212 Å². The van der Waals surface area contributed by atoms with Gasteiger partial charge in [-0.25, -0.2) is 22.8 Å². The fourth-order valence-electron chi connectivity index (χ4n) is 4.29. The molecule has 0 saturated carbocycles. The van der Waals surface area contributed by atoms with Gasteiger partial charge in [-0.1, -0.05) is 24.3 Å². The molecular weight excluding hydrogens is 500 g/mol. The molecular formula is C26H19F2N5O5. The zero-order chi connectivity index (χ0) is 27.1. The number of aryl methyl sites for hydroxylation is 1. The highest BCUT2D eigenvalue weighted by atomic mass is 19.1. The van der Waals surface area contributed by atoms with Gasteiger partial charge in [0.05, 0.1) is 35.6 Å². The third-order valence-corrected chi connectivity index (χ3v) is 6.19. The molecule has 0 N–H and O–H groups in total. The Balaban J connectivity index is 1.85. The van der Waals surface area contributed by atoms with Crippen LogP contribution >= 0.6 is 0 Å². The smallest absolute Gasteiger partial charge is 0.337 e. The van der Waals surface area contributed by atoms with Crippen LogP contribution in [-0.2, 0) is 6.54 Å².